The fourth-order valence-electron chi connectivity index (χ4n) is 2.10. The van der Waals surface area contributed by atoms with Crippen molar-refractivity contribution in [3.05, 3.63) is 28.8 Å². The van der Waals surface area contributed by atoms with Gasteiger partial charge < -0.3 is 5.32 Å². The third kappa shape index (κ3) is 2.53. The standard InChI is InChI=1S/C12H17N.C2H6/c1-8(2)11-7-10-4-5-13-12(10)6-9(11)3;1-2/h6-8,13H,4-5H2,1-3H3;1-2H3. The lowest BCUT2D eigenvalue weighted by atomic mass is 9.95. The van der Waals surface area contributed by atoms with Gasteiger partial charge in [-0.05, 0) is 42.0 Å². The Morgan fingerprint density at radius 1 is 1.20 bits per heavy atom. The Morgan fingerprint density at radius 3 is 2.47 bits per heavy atom. The molecule has 0 spiro atoms. The summed E-state index contributed by atoms with van der Waals surface area (Å²) in [7, 11) is 0. The van der Waals surface area contributed by atoms with Crippen LogP contribution in [-0.2, 0) is 6.42 Å². The van der Waals surface area contributed by atoms with Crippen LogP contribution in [0.15, 0.2) is 12.1 Å². The van der Waals surface area contributed by atoms with Crippen molar-refractivity contribution >= 4 is 5.69 Å². The first-order valence-corrected chi connectivity index (χ1v) is 6.06. The summed E-state index contributed by atoms with van der Waals surface area (Å²) in [6, 6.07) is 4.66. The molecule has 1 aliphatic heterocycles. The van der Waals surface area contributed by atoms with Gasteiger partial charge in [-0.3, -0.25) is 0 Å². The Kier molecular flexibility index (Phi) is 4.19. The zero-order valence-corrected chi connectivity index (χ0v) is 10.6. The molecule has 1 aliphatic rings. The summed E-state index contributed by atoms with van der Waals surface area (Å²) >= 11 is 0. The van der Waals surface area contributed by atoms with Crippen molar-refractivity contribution in [1.29, 1.82) is 0 Å². The highest BCUT2D eigenvalue weighted by Crippen LogP contribution is 2.29. The molecule has 1 aromatic carbocycles. The maximum Gasteiger partial charge on any atom is 0.0376 e. The van der Waals surface area contributed by atoms with Gasteiger partial charge in [0.25, 0.3) is 0 Å². The molecule has 0 unspecified atom stereocenters. The summed E-state index contributed by atoms with van der Waals surface area (Å²) in [5.74, 6) is 0.644. The third-order valence-electron chi connectivity index (χ3n) is 2.82. The van der Waals surface area contributed by atoms with Crippen LogP contribution in [0.25, 0.3) is 0 Å². The Morgan fingerprint density at radius 2 is 1.87 bits per heavy atom. The Hall–Kier alpha value is -0.980. The number of nitrogens with one attached hydrogen (secondary N) is 1. The van der Waals surface area contributed by atoms with Crippen LogP contribution in [0.4, 0.5) is 5.69 Å². The van der Waals surface area contributed by atoms with Crippen LogP contribution in [0, 0.1) is 6.92 Å². The first kappa shape index (κ1) is 12.1. The fourth-order valence-corrected chi connectivity index (χ4v) is 2.10. The maximum atomic E-state index is 3.41. The molecule has 1 nitrogen and oxygen atoms in total. The van der Waals surface area contributed by atoms with E-state index in [4.69, 9.17) is 0 Å². The highest BCUT2D eigenvalue weighted by atomic mass is 14.9. The zero-order chi connectivity index (χ0) is 11.4. The lowest BCUT2D eigenvalue weighted by molar-refractivity contribution is 0.854. The van der Waals surface area contributed by atoms with Crippen LogP contribution >= 0.6 is 0 Å². The molecule has 0 amide bonds. The molecule has 0 saturated carbocycles. The molecule has 1 heterocycles. The van der Waals surface area contributed by atoms with Crippen LogP contribution in [0.3, 0.4) is 0 Å². The first-order valence-electron chi connectivity index (χ1n) is 6.06. The molecule has 0 radical (unpaired) electrons. The second-order valence-corrected chi connectivity index (χ2v) is 4.20. The first-order chi connectivity index (χ1) is 7.18. The lowest BCUT2D eigenvalue weighted by Gasteiger charge is -2.12. The molecule has 1 aromatic rings. The van der Waals surface area contributed by atoms with Crippen molar-refractivity contribution < 1.29 is 0 Å². The van der Waals surface area contributed by atoms with Gasteiger partial charge in [-0.2, -0.15) is 0 Å². The van der Waals surface area contributed by atoms with Gasteiger partial charge in [-0.1, -0.05) is 33.8 Å². The number of hydrogen-bond acceptors (Lipinski definition) is 1. The van der Waals surface area contributed by atoms with E-state index >= 15 is 0 Å². The number of aryl methyl sites for hydroxylation is 1. The Bertz CT molecular complexity index is 326. The van der Waals surface area contributed by atoms with Gasteiger partial charge in [0.1, 0.15) is 0 Å². The highest BCUT2D eigenvalue weighted by Gasteiger charge is 2.13. The van der Waals surface area contributed by atoms with Gasteiger partial charge in [0.05, 0.1) is 0 Å². The van der Waals surface area contributed by atoms with Crippen LogP contribution in [0.1, 0.15) is 50.3 Å². The SMILES string of the molecule is CC.Cc1cc2c(cc1C(C)C)CCN2. The zero-order valence-electron chi connectivity index (χ0n) is 10.6. The summed E-state index contributed by atoms with van der Waals surface area (Å²) in [5, 5.41) is 3.41. The van der Waals surface area contributed by atoms with E-state index in [1.54, 1.807) is 0 Å². The fraction of sp³-hybridized carbons (Fsp3) is 0.571. The van der Waals surface area contributed by atoms with Crippen LogP contribution in [-0.4, -0.2) is 6.54 Å². The van der Waals surface area contributed by atoms with E-state index < -0.39 is 0 Å². The monoisotopic (exact) mass is 205 g/mol. The molecule has 1 N–H and O–H groups in total. The molecular formula is C14H23N. The topological polar surface area (TPSA) is 12.0 Å². The lowest BCUT2D eigenvalue weighted by Crippen LogP contribution is -1.94. The minimum atomic E-state index is 0.644. The quantitative estimate of drug-likeness (QED) is 0.727. The second-order valence-electron chi connectivity index (χ2n) is 4.20. The normalized spacial score (nSPS) is 12.9. The molecule has 0 saturated heterocycles. The molecule has 0 aliphatic carbocycles. The molecule has 0 fully saturated rings. The van der Waals surface area contributed by atoms with Gasteiger partial charge in [-0.25, -0.2) is 0 Å². The number of rotatable bonds is 1. The second kappa shape index (κ2) is 5.20. The third-order valence-corrected chi connectivity index (χ3v) is 2.82. The smallest absolute Gasteiger partial charge is 0.0376 e. The summed E-state index contributed by atoms with van der Waals surface area (Å²) in [4.78, 5) is 0. The predicted molar refractivity (Wildman–Crippen MR) is 68.8 cm³/mol. The number of anilines is 1. The van der Waals surface area contributed by atoms with Crippen molar-refractivity contribution in [3.8, 4) is 0 Å². The van der Waals surface area contributed by atoms with Gasteiger partial charge in [0, 0.05) is 12.2 Å². The van der Waals surface area contributed by atoms with E-state index in [2.05, 4.69) is 38.2 Å². The van der Waals surface area contributed by atoms with Gasteiger partial charge >= 0.3 is 0 Å². The number of fused-ring (bicyclic) bond motifs is 1. The largest absolute Gasteiger partial charge is 0.384 e. The van der Waals surface area contributed by atoms with Gasteiger partial charge in [0.2, 0.25) is 0 Å². The summed E-state index contributed by atoms with van der Waals surface area (Å²) in [6.45, 7) is 11.8. The van der Waals surface area contributed by atoms with E-state index in [0.29, 0.717) is 5.92 Å². The molecule has 0 aromatic heterocycles. The van der Waals surface area contributed by atoms with E-state index in [-0.39, 0.29) is 0 Å². The average molecular weight is 205 g/mol. The van der Waals surface area contributed by atoms with Gasteiger partial charge in [-0.15, -0.1) is 0 Å². The molecule has 15 heavy (non-hydrogen) atoms. The molecular weight excluding hydrogens is 182 g/mol. The van der Waals surface area contributed by atoms with E-state index in [1.807, 2.05) is 13.8 Å². The molecule has 0 bridgehead atoms. The van der Waals surface area contributed by atoms with Crippen molar-refractivity contribution in [2.24, 2.45) is 0 Å². The Balaban J connectivity index is 0.000000531. The predicted octanol–water partition coefficient (Wildman–Crippen LogP) is 4.11. The summed E-state index contributed by atoms with van der Waals surface area (Å²) < 4.78 is 0. The van der Waals surface area contributed by atoms with Crippen molar-refractivity contribution in [2.45, 2.75) is 47.0 Å². The van der Waals surface area contributed by atoms with E-state index in [9.17, 15) is 0 Å². The van der Waals surface area contributed by atoms with Gasteiger partial charge in [0.15, 0.2) is 0 Å². The minimum absolute atomic E-state index is 0.644. The van der Waals surface area contributed by atoms with Crippen molar-refractivity contribution in [1.82, 2.24) is 0 Å². The molecule has 1 heteroatoms. The minimum Gasteiger partial charge on any atom is -0.384 e. The number of benzene rings is 1. The van der Waals surface area contributed by atoms with Crippen molar-refractivity contribution in [3.63, 3.8) is 0 Å². The van der Waals surface area contributed by atoms with Crippen molar-refractivity contribution in [2.75, 3.05) is 11.9 Å². The number of hydrogen-bond donors (Lipinski definition) is 1. The summed E-state index contributed by atoms with van der Waals surface area (Å²) in [5.41, 5.74) is 5.77. The van der Waals surface area contributed by atoms with Crippen LogP contribution in [0.2, 0.25) is 0 Å². The highest BCUT2D eigenvalue weighted by molar-refractivity contribution is 5.59. The van der Waals surface area contributed by atoms with Crippen LogP contribution < -0.4 is 5.32 Å². The van der Waals surface area contributed by atoms with E-state index in [0.717, 1.165) is 6.54 Å². The molecule has 2 rings (SSSR count). The molecule has 84 valence electrons. The van der Waals surface area contributed by atoms with Crippen LogP contribution in [0.5, 0.6) is 0 Å². The maximum absolute atomic E-state index is 3.41. The average Bonchev–Trinajstić information content (AvgIpc) is 2.66. The molecule has 0 atom stereocenters. The van der Waals surface area contributed by atoms with E-state index in [1.165, 1.54) is 28.8 Å². The Labute approximate surface area is 93.9 Å². The summed E-state index contributed by atoms with van der Waals surface area (Å²) in [6.07, 6.45) is 1.19.